The third-order valence-corrected chi connectivity index (χ3v) is 12.4. The van der Waals surface area contributed by atoms with Crippen LogP contribution in [0, 0.1) is 23.3 Å². The Morgan fingerprint density at radius 1 is 0.429 bits per heavy atom. The van der Waals surface area contributed by atoms with Gasteiger partial charge in [-0.05, 0) is 55.0 Å². The Bertz CT molecular complexity index is 1250. The normalized spacial score (nSPS) is 12.0. The first-order chi connectivity index (χ1) is 16.8. The Labute approximate surface area is 201 Å². The second kappa shape index (κ2) is 10.4. The van der Waals surface area contributed by atoms with Crippen LogP contribution in [-0.4, -0.2) is 12.3 Å². The van der Waals surface area contributed by atoms with E-state index in [-0.39, 0.29) is 40.0 Å². The molecule has 0 spiro atoms. The van der Waals surface area contributed by atoms with Crippen LogP contribution in [0.3, 0.4) is 0 Å². The molecule has 0 aliphatic carbocycles. The van der Waals surface area contributed by atoms with Crippen LogP contribution in [0.5, 0.6) is 0 Å². The van der Waals surface area contributed by atoms with E-state index in [0.717, 1.165) is 24.3 Å². The average Bonchev–Trinajstić information content (AvgIpc) is 2.85. The Balaban J connectivity index is 1.76. The minimum Gasteiger partial charge on any atom is -0.313 e. The van der Waals surface area contributed by atoms with Gasteiger partial charge in [0.1, 0.15) is 37.6 Å². The summed E-state index contributed by atoms with van der Waals surface area (Å²) in [5.41, 5.74) is 0. The second-order valence-corrected chi connectivity index (χ2v) is 13.9. The molecule has 35 heavy (non-hydrogen) atoms. The molecular formula is C27H22F4O2P2. The first-order valence-electron chi connectivity index (χ1n) is 11.0. The first-order valence-corrected chi connectivity index (χ1v) is 14.7. The van der Waals surface area contributed by atoms with Gasteiger partial charge in [0.2, 0.25) is 0 Å². The van der Waals surface area contributed by atoms with Crippen LogP contribution >= 0.6 is 14.3 Å². The summed E-state index contributed by atoms with van der Waals surface area (Å²) in [4.78, 5) is 0. The van der Waals surface area contributed by atoms with Gasteiger partial charge in [0.05, 0.1) is 21.2 Å². The van der Waals surface area contributed by atoms with Gasteiger partial charge in [-0.2, -0.15) is 0 Å². The SMILES string of the molecule is O=P(CCCP(=O)(c1ccccc1F)c1ccccc1F)(c1ccccc1F)c1ccccc1F. The highest BCUT2D eigenvalue weighted by Crippen LogP contribution is 2.50. The number of halogens is 4. The van der Waals surface area contributed by atoms with Gasteiger partial charge in [-0.15, -0.1) is 0 Å². The van der Waals surface area contributed by atoms with E-state index >= 15 is 0 Å². The minimum atomic E-state index is -3.85. The summed E-state index contributed by atoms with van der Waals surface area (Å²) < 4.78 is 87.5. The predicted octanol–water partition coefficient (Wildman–Crippen LogP) is 5.96. The number of rotatable bonds is 8. The van der Waals surface area contributed by atoms with E-state index in [0.29, 0.717) is 0 Å². The molecule has 4 rings (SSSR count). The van der Waals surface area contributed by atoms with Crippen LogP contribution in [0.4, 0.5) is 17.6 Å². The molecule has 0 atom stereocenters. The number of hydrogen-bond acceptors (Lipinski definition) is 2. The van der Waals surface area contributed by atoms with Crippen molar-refractivity contribution in [1.29, 1.82) is 0 Å². The highest BCUT2D eigenvalue weighted by molar-refractivity contribution is 7.79. The zero-order valence-corrected chi connectivity index (χ0v) is 20.4. The molecule has 180 valence electrons. The lowest BCUT2D eigenvalue weighted by atomic mass is 10.3. The summed E-state index contributed by atoms with van der Waals surface area (Å²) in [5.74, 6) is -2.98. The van der Waals surface area contributed by atoms with Crippen LogP contribution in [0.15, 0.2) is 97.1 Å². The van der Waals surface area contributed by atoms with Crippen LogP contribution in [0.2, 0.25) is 0 Å². The first kappa shape index (κ1) is 25.2. The molecule has 8 heteroatoms. The summed E-state index contributed by atoms with van der Waals surface area (Å²) in [6.45, 7) is 0. The zero-order chi connectivity index (χ0) is 25.1. The van der Waals surface area contributed by atoms with Crippen molar-refractivity contribution in [1.82, 2.24) is 0 Å². The van der Waals surface area contributed by atoms with Crippen molar-refractivity contribution >= 4 is 35.5 Å². The fraction of sp³-hybridized carbons (Fsp3) is 0.111. The smallest absolute Gasteiger partial charge is 0.149 e. The van der Waals surface area contributed by atoms with Gasteiger partial charge < -0.3 is 9.13 Å². The van der Waals surface area contributed by atoms with E-state index in [4.69, 9.17) is 0 Å². The molecule has 4 aromatic rings. The third kappa shape index (κ3) is 4.91. The molecule has 0 unspecified atom stereocenters. The largest absolute Gasteiger partial charge is 0.313 e. The molecule has 0 N–H and O–H groups in total. The quantitative estimate of drug-likeness (QED) is 0.214. The van der Waals surface area contributed by atoms with Gasteiger partial charge in [-0.25, -0.2) is 17.6 Å². The van der Waals surface area contributed by atoms with Crippen molar-refractivity contribution in [3.8, 4) is 0 Å². The molecule has 0 aliphatic rings. The maximum absolute atomic E-state index is 14.8. The van der Waals surface area contributed by atoms with Crippen molar-refractivity contribution in [2.75, 3.05) is 12.3 Å². The van der Waals surface area contributed by atoms with Crippen molar-refractivity contribution in [3.63, 3.8) is 0 Å². The van der Waals surface area contributed by atoms with E-state index in [1.165, 1.54) is 72.8 Å². The number of hydrogen-bond donors (Lipinski definition) is 0. The molecule has 0 fully saturated rings. The van der Waals surface area contributed by atoms with E-state index in [9.17, 15) is 26.7 Å². The Hall–Kier alpha value is -2.94. The lowest BCUT2D eigenvalue weighted by Gasteiger charge is -2.23. The van der Waals surface area contributed by atoms with Crippen molar-refractivity contribution in [2.45, 2.75) is 6.42 Å². The van der Waals surface area contributed by atoms with Gasteiger partial charge in [0, 0.05) is 12.3 Å². The standard InChI is InChI=1S/C27H22F4O2P2/c28-20-10-1-5-14-24(20)34(32,25-15-6-2-11-21(25)29)18-9-19-35(33,26-16-7-3-12-22(26)30)27-17-8-4-13-23(27)31/h1-8,10-17H,9,18-19H2. The molecule has 4 aromatic carbocycles. The predicted molar refractivity (Wildman–Crippen MR) is 134 cm³/mol. The summed E-state index contributed by atoms with van der Waals surface area (Å²) in [6.07, 6.45) is -0.524. The average molecular weight is 516 g/mol. The molecule has 0 aliphatic heterocycles. The maximum Gasteiger partial charge on any atom is 0.149 e. The summed E-state index contributed by atoms with van der Waals surface area (Å²) in [7, 11) is -7.70. The minimum absolute atomic E-state index is 0.0557. The summed E-state index contributed by atoms with van der Waals surface area (Å²) >= 11 is 0. The van der Waals surface area contributed by atoms with Crippen LogP contribution in [-0.2, 0) is 9.13 Å². The van der Waals surface area contributed by atoms with Gasteiger partial charge >= 0.3 is 0 Å². The Morgan fingerprint density at radius 3 is 0.886 bits per heavy atom. The van der Waals surface area contributed by atoms with Gasteiger partial charge in [-0.1, -0.05) is 48.5 Å². The Kier molecular flexibility index (Phi) is 7.44. The van der Waals surface area contributed by atoms with Gasteiger partial charge in [0.15, 0.2) is 0 Å². The Morgan fingerprint density at radius 2 is 0.657 bits per heavy atom. The van der Waals surface area contributed by atoms with Crippen LogP contribution in [0.25, 0.3) is 0 Å². The third-order valence-electron chi connectivity index (χ3n) is 5.91. The van der Waals surface area contributed by atoms with E-state index in [2.05, 4.69) is 0 Å². The fourth-order valence-electron chi connectivity index (χ4n) is 4.24. The van der Waals surface area contributed by atoms with Gasteiger partial charge in [-0.3, -0.25) is 0 Å². The number of benzene rings is 4. The van der Waals surface area contributed by atoms with Crippen LogP contribution < -0.4 is 21.2 Å². The molecular weight excluding hydrogens is 494 g/mol. The molecule has 0 aromatic heterocycles. The monoisotopic (exact) mass is 516 g/mol. The molecule has 0 saturated carbocycles. The zero-order valence-electron chi connectivity index (χ0n) is 18.6. The lowest BCUT2D eigenvalue weighted by molar-refractivity contribution is 0.576. The van der Waals surface area contributed by atoms with Crippen molar-refractivity contribution in [3.05, 3.63) is 120 Å². The highest BCUT2D eigenvalue weighted by Gasteiger charge is 2.36. The maximum atomic E-state index is 14.8. The van der Waals surface area contributed by atoms with Crippen LogP contribution in [0.1, 0.15) is 6.42 Å². The summed E-state index contributed by atoms with van der Waals surface area (Å²) in [5, 5.41) is -0.568. The lowest BCUT2D eigenvalue weighted by Crippen LogP contribution is -2.26. The van der Waals surface area contributed by atoms with E-state index < -0.39 is 37.6 Å². The van der Waals surface area contributed by atoms with Crippen molar-refractivity contribution < 1.29 is 26.7 Å². The summed E-state index contributed by atoms with van der Waals surface area (Å²) in [6, 6.07) is 21.7. The van der Waals surface area contributed by atoms with Gasteiger partial charge in [0.25, 0.3) is 0 Å². The molecule has 0 radical (unpaired) electrons. The molecule has 0 heterocycles. The molecule has 2 nitrogen and oxygen atoms in total. The van der Waals surface area contributed by atoms with E-state index in [1.807, 2.05) is 0 Å². The second-order valence-electron chi connectivity index (χ2n) is 8.09. The molecule has 0 amide bonds. The molecule has 0 saturated heterocycles. The van der Waals surface area contributed by atoms with E-state index in [1.54, 1.807) is 0 Å². The van der Waals surface area contributed by atoms with Crippen molar-refractivity contribution in [2.24, 2.45) is 0 Å². The topological polar surface area (TPSA) is 34.1 Å². The molecule has 0 bridgehead atoms. The fourth-order valence-corrected chi connectivity index (χ4v) is 10.2. The highest BCUT2D eigenvalue weighted by atomic mass is 31.2.